The van der Waals surface area contributed by atoms with E-state index in [1.807, 2.05) is 18.2 Å². The Morgan fingerprint density at radius 1 is 1.15 bits per heavy atom. The maximum absolute atomic E-state index is 12.7. The Balaban J connectivity index is 2.03. The zero-order chi connectivity index (χ0) is 18.9. The fraction of sp³-hybridized carbons (Fsp3) is 0.238. The van der Waals surface area contributed by atoms with Gasteiger partial charge in [0.15, 0.2) is 5.78 Å². The standard InChI is InChI=1S/C21H21NO4/c1-21(2)12-15-7-8-16(26-3)10-17(15)18(22-21)11-19(23)13-5-4-6-14(9-13)20(24)25/h4-11,22H,12H2,1-3H3,(H,24,25)/b18-11-. The SMILES string of the molecule is COc1ccc2c(c1)/C(=C/C(=O)c1cccc(C(=O)O)c1)NC(C)(C)C2. The van der Waals surface area contributed by atoms with E-state index >= 15 is 0 Å². The maximum Gasteiger partial charge on any atom is 0.335 e. The number of fused-ring (bicyclic) bond motifs is 1. The van der Waals surface area contributed by atoms with E-state index in [0.29, 0.717) is 11.3 Å². The number of carboxylic acid groups (broad SMARTS) is 1. The first-order valence-corrected chi connectivity index (χ1v) is 8.34. The lowest BCUT2D eigenvalue weighted by molar-refractivity contribution is 0.0697. The molecule has 0 saturated carbocycles. The molecule has 2 aromatic carbocycles. The number of allylic oxidation sites excluding steroid dienone is 1. The van der Waals surface area contributed by atoms with Gasteiger partial charge in [-0.3, -0.25) is 4.79 Å². The average Bonchev–Trinajstić information content (AvgIpc) is 2.60. The van der Waals surface area contributed by atoms with Crippen LogP contribution in [-0.4, -0.2) is 29.5 Å². The highest BCUT2D eigenvalue weighted by Gasteiger charge is 2.28. The molecule has 134 valence electrons. The maximum atomic E-state index is 12.7. The van der Waals surface area contributed by atoms with Crippen molar-refractivity contribution in [1.29, 1.82) is 0 Å². The first-order chi connectivity index (χ1) is 12.3. The molecule has 3 rings (SSSR count). The Bertz CT molecular complexity index is 912. The van der Waals surface area contributed by atoms with Crippen LogP contribution in [0.2, 0.25) is 0 Å². The van der Waals surface area contributed by atoms with E-state index in [9.17, 15) is 9.59 Å². The van der Waals surface area contributed by atoms with Crippen LogP contribution in [0.25, 0.3) is 5.70 Å². The summed E-state index contributed by atoms with van der Waals surface area (Å²) >= 11 is 0. The van der Waals surface area contributed by atoms with E-state index in [1.54, 1.807) is 19.2 Å². The van der Waals surface area contributed by atoms with Crippen molar-refractivity contribution < 1.29 is 19.4 Å². The fourth-order valence-electron chi connectivity index (χ4n) is 3.17. The summed E-state index contributed by atoms with van der Waals surface area (Å²) in [6, 6.07) is 11.9. The van der Waals surface area contributed by atoms with Crippen LogP contribution in [0.4, 0.5) is 0 Å². The molecule has 0 aliphatic carbocycles. The van der Waals surface area contributed by atoms with Crippen molar-refractivity contribution in [2.75, 3.05) is 7.11 Å². The number of rotatable bonds is 4. The molecule has 0 unspecified atom stereocenters. The van der Waals surface area contributed by atoms with Crippen molar-refractivity contribution >= 4 is 17.4 Å². The topological polar surface area (TPSA) is 75.6 Å². The second-order valence-electron chi connectivity index (χ2n) is 7.02. The second-order valence-corrected chi connectivity index (χ2v) is 7.02. The molecule has 1 aliphatic rings. The predicted molar refractivity (Wildman–Crippen MR) is 99.6 cm³/mol. The lowest BCUT2D eigenvalue weighted by atomic mass is 9.85. The number of carbonyl (C=O) groups excluding carboxylic acids is 1. The molecule has 1 aliphatic heterocycles. The van der Waals surface area contributed by atoms with Crippen LogP contribution < -0.4 is 10.1 Å². The third-order valence-electron chi connectivity index (χ3n) is 4.38. The number of hydrogen-bond donors (Lipinski definition) is 2. The minimum Gasteiger partial charge on any atom is -0.497 e. The number of aromatic carboxylic acids is 1. The van der Waals surface area contributed by atoms with E-state index in [2.05, 4.69) is 19.2 Å². The van der Waals surface area contributed by atoms with Gasteiger partial charge >= 0.3 is 5.97 Å². The Labute approximate surface area is 152 Å². The molecule has 0 saturated heterocycles. The lowest BCUT2D eigenvalue weighted by Gasteiger charge is -2.35. The van der Waals surface area contributed by atoms with Crippen molar-refractivity contribution in [3.63, 3.8) is 0 Å². The van der Waals surface area contributed by atoms with Gasteiger partial charge in [-0.15, -0.1) is 0 Å². The number of nitrogens with one attached hydrogen (secondary N) is 1. The highest BCUT2D eigenvalue weighted by Crippen LogP contribution is 2.32. The largest absolute Gasteiger partial charge is 0.497 e. The highest BCUT2D eigenvalue weighted by molar-refractivity contribution is 6.09. The number of carbonyl (C=O) groups is 2. The van der Waals surface area contributed by atoms with Gasteiger partial charge in [-0.25, -0.2) is 4.79 Å². The van der Waals surface area contributed by atoms with E-state index < -0.39 is 5.97 Å². The number of hydrogen-bond acceptors (Lipinski definition) is 4. The van der Waals surface area contributed by atoms with Gasteiger partial charge in [0, 0.05) is 28.4 Å². The van der Waals surface area contributed by atoms with Gasteiger partial charge in [0.2, 0.25) is 0 Å². The molecular formula is C21H21NO4. The number of ether oxygens (including phenoxy) is 1. The molecule has 2 aromatic rings. The third kappa shape index (κ3) is 3.61. The first-order valence-electron chi connectivity index (χ1n) is 8.34. The Hall–Kier alpha value is -3.08. The zero-order valence-electron chi connectivity index (χ0n) is 15.0. The van der Waals surface area contributed by atoms with Crippen LogP contribution in [-0.2, 0) is 6.42 Å². The number of carboxylic acids is 1. The summed E-state index contributed by atoms with van der Waals surface area (Å²) < 4.78 is 5.31. The molecule has 0 bridgehead atoms. The summed E-state index contributed by atoms with van der Waals surface area (Å²) in [5, 5.41) is 12.5. The minimum absolute atomic E-state index is 0.0910. The van der Waals surface area contributed by atoms with Gasteiger partial charge in [0.1, 0.15) is 5.75 Å². The summed E-state index contributed by atoms with van der Waals surface area (Å²) in [5.41, 5.74) is 3.00. The van der Waals surface area contributed by atoms with Gasteiger partial charge in [0.05, 0.1) is 12.7 Å². The van der Waals surface area contributed by atoms with Gasteiger partial charge in [-0.05, 0) is 50.1 Å². The van der Waals surface area contributed by atoms with Crippen molar-refractivity contribution in [1.82, 2.24) is 5.32 Å². The Morgan fingerprint density at radius 2 is 1.88 bits per heavy atom. The van der Waals surface area contributed by atoms with Gasteiger partial charge < -0.3 is 15.2 Å². The molecule has 5 heteroatoms. The van der Waals surface area contributed by atoms with Crippen LogP contribution in [0.3, 0.4) is 0 Å². The van der Waals surface area contributed by atoms with Crippen molar-refractivity contribution in [2.24, 2.45) is 0 Å². The molecular weight excluding hydrogens is 330 g/mol. The summed E-state index contributed by atoms with van der Waals surface area (Å²) in [4.78, 5) is 23.9. The lowest BCUT2D eigenvalue weighted by Crippen LogP contribution is -2.43. The number of methoxy groups -OCH3 is 1. The van der Waals surface area contributed by atoms with Gasteiger partial charge in [-0.1, -0.05) is 18.2 Å². The third-order valence-corrected chi connectivity index (χ3v) is 4.38. The molecule has 0 fully saturated rings. The van der Waals surface area contributed by atoms with Crippen molar-refractivity contribution in [3.05, 3.63) is 70.8 Å². The average molecular weight is 351 g/mol. The van der Waals surface area contributed by atoms with Crippen LogP contribution in [0.1, 0.15) is 45.7 Å². The summed E-state index contributed by atoms with van der Waals surface area (Å²) in [5.74, 6) is -0.585. The van der Waals surface area contributed by atoms with Crippen LogP contribution >= 0.6 is 0 Å². The molecule has 0 aromatic heterocycles. The second kappa shape index (κ2) is 6.67. The van der Waals surface area contributed by atoms with E-state index in [1.165, 1.54) is 18.2 Å². The van der Waals surface area contributed by atoms with Crippen LogP contribution in [0, 0.1) is 0 Å². The molecule has 0 radical (unpaired) electrons. The van der Waals surface area contributed by atoms with Gasteiger partial charge in [-0.2, -0.15) is 0 Å². The van der Waals surface area contributed by atoms with E-state index in [4.69, 9.17) is 9.84 Å². The smallest absolute Gasteiger partial charge is 0.335 e. The molecule has 1 heterocycles. The first kappa shape index (κ1) is 17.7. The highest BCUT2D eigenvalue weighted by atomic mass is 16.5. The molecule has 26 heavy (non-hydrogen) atoms. The van der Waals surface area contributed by atoms with Crippen molar-refractivity contribution in [2.45, 2.75) is 25.8 Å². The normalized spacial score (nSPS) is 16.5. The van der Waals surface area contributed by atoms with Crippen molar-refractivity contribution in [3.8, 4) is 5.75 Å². The molecule has 0 spiro atoms. The quantitative estimate of drug-likeness (QED) is 0.651. The van der Waals surface area contributed by atoms with Gasteiger partial charge in [0.25, 0.3) is 0 Å². The molecule has 2 N–H and O–H groups in total. The van der Waals surface area contributed by atoms with E-state index in [0.717, 1.165) is 23.3 Å². The fourth-order valence-corrected chi connectivity index (χ4v) is 3.17. The zero-order valence-corrected chi connectivity index (χ0v) is 15.0. The van der Waals surface area contributed by atoms with Crippen LogP contribution in [0.15, 0.2) is 48.5 Å². The predicted octanol–water partition coefficient (Wildman–Crippen LogP) is 3.54. The summed E-state index contributed by atoms with van der Waals surface area (Å²) in [6.07, 6.45) is 2.35. The number of ketones is 1. The summed E-state index contributed by atoms with van der Waals surface area (Å²) in [7, 11) is 1.61. The summed E-state index contributed by atoms with van der Waals surface area (Å²) in [6.45, 7) is 4.15. The monoisotopic (exact) mass is 351 g/mol. The Morgan fingerprint density at radius 3 is 2.58 bits per heavy atom. The van der Waals surface area contributed by atoms with Crippen LogP contribution in [0.5, 0.6) is 5.75 Å². The minimum atomic E-state index is -1.06. The molecule has 5 nitrogen and oxygen atoms in total. The molecule has 0 atom stereocenters. The van der Waals surface area contributed by atoms with E-state index in [-0.39, 0.29) is 16.9 Å². The Kier molecular flexibility index (Phi) is 4.55. The molecule has 0 amide bonds. The number of benzene rings is 2.